The fraction of sp³-hybridized carbons (Fsp3) is 0.238. The van der Waals surface area contributed by atoms with Crippen molar-refractivity contribution in [2.45, 2.75) is 26.9 Å². The monoisotopic (exact) mass is 430 g/mol. The SMILES string of the molecule is Cc1cc(OCC(=O)OC(C)C)cc2c1C(=O)/C(=C/c1ccccc1Br)O2. The van der Waals surface area contributed by atoms with Gasteiger partial charge in [-0.1, -0.05) is 34.1 Å². The standard InChI is InChI=1S/C21H19BrO5/c1-12(2)26-19(23)11-25-15-8-13(3)20-17(10-15)27-18(21(20)24)9-14-6-4-5-7-16(14)22/h4-10,12H,11H2,1-3H3/b18-9-. The molecule has 5 nitrogen and oxygen atoms in total. The first-order chi connectivity index (χ1) is 12.8. The molecule has 0 unspecified atom stereocenters. The first-order valence-corrected chi connectivity index (χ1v) is 9.30. The minimum Gasteiger partial charge on any atom is -0.482 e. The van der Waals surface area contributed by atoms with Gasteiger partial charge in [0.15, 0.2) is 12.4 Å². The van der Waals surface area contributed by atoms with E-state index in [1.54, 1.807) is 39.0 Å². The van der Waals surface area contributed by atoms with Crippen molar-refractivity contribution in [2.24, 2.45) is 0 Å². The van der Waals surface area contributed by atoms with Crippen LogP contribution < -0.4 is 9.47 Å². The predicted octanol–water partition coefficient (Wildman–Crippen LogP) is 4.70. The van der Waals surface area contributed by atoms with E-state index in [0.29, 0.717) is 17.1 Å². The van der Waals surface area contributed by atoms with Crippen molar-refractivity contribution in [1.29, 1.82) is 0 Å². The molecule has 0 aliphatic carbocycles. The van der Waals surface area contributed by atoms with Crippen LogP contribution in [0, 0.1) is 6.92 Å². The molecule has 140 valence electrons. The second kappa shape index (κ2) is 7.96. The first kappa shape index (κ1) is 19.2. The van der Waals surface area contributed by atoms with E-state index in [2.05, 4.69) is 15.9 Å². The molecule has 0 fully saturated rings. The summed E-state index contributed by atoms with van der Waals surface area (Å²) in [5.41, 5.74) is 2.07. The van der Waals surface area contributed by atoms with Crippen LogP contribution in [-0.2, 0) is 9.53 Å². The van der Waals surface area contributed by atoms with Crippen molar-refractivity contribution < 1.29 is 23.8 Å². The lowest BCUT2D eigenvalue weighted by Gasteiger charge is -2.10. The Morgan fingerprint density at radius 1 is 1.26 bits per heavy atom. The molecule has 6 heteroatoms. The summed E-state index contributed by atoms with van der Waals surface area (Å²) >= 11 is 3.46. The third-order valence-corrected chi connectivity index (χ3v) is 4.58. The van der Waals surface area contributed by atoms with Crippen LogP contribution in [0.3, 0.4) is 0 Å². The van der Waals surface area contributed by atoms with Gasteiger partial charge in [0.05, 0.1) is 11.7 Å². The molecule has 3 rings (SSSR count). The molecule has 1 heterocycles. The van der Waals surface area contributed by atoms with Crippen molar-refractivity contribution in [3.05, 3.63) is 63.3 Å². The number of ketones is 1. The first-order valence-electron chi connectivity index (χ1n) is 8.51. The summed E-state index contributed by atoms with van der Waals surface area (Å²) in [6, 6.07) is 10.9. The molecule has 1 aliphatic heterocycles. The van der Waals surface area contributed by atoms with Gasteiger partial charge in [0.1, 0.15) is 11.5 Å². The molecule has 0 amide bonds. The number of aryl methyl sites for hydroxylation is 1. The maximum absolute atomic E-state index is 12.7. The zero-order chi connectivity index (χ0) is 19.6. The Balaban J connectivity index is 1.81. The average Bonchev–Trinajstić information content (AvgIpc) is 2.91. The van der Waals surface area contributed by atoms with Gasteiger partial charge in [-0.3, -0.25) is 4.79 Å². The molecule has 1 aliphatic rings. The van der Waals surface area contributed by atoms with Gasteiger partial charge in [-0.25, -0.2) is 4.79 Å². The Bertz CT molecular complexity index is 930. The minimum atomic E-state index is -0.449. The molecular formula is C21H19BrO5. The summed E-state index contributed by atoms with van der Waals surface area (Å²) in [4.78, 5) is 24.3. The van der Waals surface area contributed by atoms with Crippen LogP contribution >= 0.6 is 15.9 Å². The van der Waals surface area contributed by atoms with E-state index in [9.17, 15) is 9.59 Å². The van der Waals surface area contributed by atoms with Crippen molar-refractivity contribution in [3.8, 4) is 11.5 Å². The van der Waals surface area contributed by atoms with E-state index in [-0.39, 0.29) is 24.3 Å². The Morgan fingerprint density at radius 2 is 2.00 bits per heavy atom. The third-order valence-electron chi connectivity index (χ3n) is 3.86. The van der Waals surface area contributed by atoms with Crippen LogP contribution in [0.25, 0.3) is 6.08 Å². The number of fused-ring (bicyclic) bond motifs is 1. The van der Waals surface area contributed by atoms with E-state index >= 15 is 0 Å². The quantitative estimate of drug-likeness (QED) is 0.507. The third kappa shape index (κ3) is 4.39. The summed E-state index contributed by atoms with van der Waals surface area (Å²) in [7, 11) is 0. The van der Waals surface area contributed by atoms with Gasteiger partial charge in [0, 0.05) is 10.5 Å². The van der Waals surface area contributed by atoms with Crippen LogP contribution in [0.5, 0.6) is 11.5 Å². The highest BCUT2D eigenvalue weighted by molar-refractivity contribution is 9.10. The van der Waals surface area contributed by atoms with Gasteiger partial charge in [-0.05, 0) is 50.1 Å². The molecule has 2 aromatic carbocycles. The minimum absolute atomic E-state index is 0.177. The molecule has 0 atom stereocenters. The van der Waals surface area contributed by atoms with E-state index in [1.165, 1.54) is 0 Å². The highest BCUT2D eigenvalue weighted by Gasteiger charge is 2.30. The molecule has 0 saturated heterocycles. The summed E-state index contributed by atoms with van der Waals surface area (Å²) in [5.74, 6) is 0.488. The predicted molar refractivity (Wildman–Crippen MR) is 105 cm³/mol. The van der Waals surface area contributed by atoms with Gasteiger partial charge >= 0.3 is 5.97 Å². The number of allylic oxidation sites excluding steroid dienone is 1. The highest BCUT2D eigenvalue weighted by atomic mass is 79.9. The summed E-state index contributed by atoms with van der Waals surface area (Å²) in [6.07, 6.45) is 1.50. The molecule has 2 aromatic rings. The van der Waals surface area contributed by atoms with Crippen LogP contribution in [0.2, 0.25) is 0 Å². The number of benzene rings is 2. The number of Topliss-reactive ketones (excluding diaryl/α,β-unsaturated/α-hetero) is 1. The molecule has 0 aromatic heterocycles. The number of carbonyl (C=O) groups excluding carboxylic acids is 2. The van der Waals surface area contributed by atoms with Crippen molar-refractivity contribution in [2.75, 3.05) is 6.61 Å². The van der Waals surface area contributed by atoms with E-state index in [0.717, 1.165) is 15.6 Å². The Labute approximate surface area is 166 Å². The number of rotatable bonds is 5. The summed E-state index contributed by atoms with van der Waals surface area (Å²) < 4.78 is 17.2. The maximum atomic E-state index is 12.7. The number of ether oxygens (including phenoxy) is 3. The molecule has 0 radical (unpaired) electrons. The fourth-order valence-electron chi connectivity index (χ4n) is 2.73. The van der Waals surface area contributed by atoms with E-state index in [1.807, 2.05) is 24.3 Å². The van der Waals surface area contributed by atoms with Gasteiger partial charge in [0.2, 0.25) is 5.78 Å². The summed E-state index contributed by atoms with van der Waals surface area (Å²) in [6.45, 7) is 5.15. The van der Waals surface area contributed by atoms with E-state index in [4.69, 9.17) is 14.2 Å². The van der Waals surface area contributed by atoms with Crippen molar-refractivity contribution in [1.82, 2.24) is 0 Å². The Morgan fingerprint density at radius 3 is 2.70 bits per heavy atom. The van der Waals surface area contributed by atoms with Crippen LogP contribution in [-0.4, -0.2) is 24.5 Å². The lowest BCUT2D eigenvalue weighted by Crippen LogP contribution is -2.18. The number of halogens is 1. The lowest BCUT2D eigenvalue weighted by atomic mass is 10.0. The molecular weight excluding hydrogens is 412 g/mol. The smallest absolute Gasteiger partial charge is 0.344 e. The van der Waals surface area contributed by atoms with E-state index < -0.39 is 5.97 Å². The largest absolute Gasteiger partial charge is 0.482 e. The maximum Gasteiger partial charge on any atom is 0.344 e. The number of hydrogen-bond acceptors (Lipinski definition) is 5. The molecule has 0 bridgehead atoms. The Hall–Kier alpha value is -2.60. The van der Waals surface area contributed by atoms with Gasteiger partial charge < -0.3 is 14.2 Å². The van der Waals surface area contributed by atoms with Crippen LogP contribution in [0.15, 0.2) is 46.6 Å². The molecule has 0 saturated carbocycles. The van der Waals surface area contributed by atoms with Gasteiger partial charge in [-0.15, -0.1) is 0 Å². The second-order valence-electron chi connectivity index (χ2n) is 6.40. The zero-order valence-corrected chi connectivity index (χ0v) is 16.8. The van der Waals surface area contributed by atoms with Crippen molar-refractivity contribution in [3.63, 3.8) is 0 Å². The number of hydrogen-bond donors (Lipinski definition) is 0. The molecule has 0 N–H and O–H groups in total. The normalized spacial score (nSPS) is 14.3. The zero-order valence-electron chi connectivity index (χ0n) is 15.2. The van der Waals surface area contributed by atoms with Crippen molar-refractivity contribution >= 4 is 33.8 Å². The number of carbonyl (C=O) groups is 2. The van der Waals surface area contributed by atoms with Gasteiger partial charge in [-0.2, -0.15) is 0 Å². The lowest BCUT2D eigenvalue weighted by molar-refractivity contribution is -0.149. The number of esters is 1. The highest BCUT2D eigenvalue weighted by Crippen LogP contribution is 2.38. The van der Waals surface area contributed by atoms with Gasteiger partial charge in [0.25, 0.3) is 0 Å². The molecule has 0 spiro atoms. The van der Waals surface area contributed by atoms with Crippen LogP contribution in [0.1, 0.15) is 35.3 Å². The average molecular weight is 431 g/mol. The van der Waals surface area contributed by atoms with Crippen LogP contribution in [0.4, 0.5) is 0 Å². The topological polar surface area (TPSA) is 61.8 Å². The summed E-state index contributed by atoms with van der Waals surface area (Å²) in [5, 5.41) is 0. The second-order valence-corrected chi connectivity index (χ2v) is 7.26. The fourth-order valence-corrected chi connectivity index (χ4v) is 3.13. The Kier molecular flexibility index (Phi) is 5.65. The molecule has 27 heavy (non-hydrogen) atoms.